The number of hydrogen-bond acceptors (Lipinski definition) is 5. The van der Waals surface area contributed by atoms with Gasteiger partial charge in [-0.3, -0.25) is 0 Å². The molecule has 0 unspecified atom stereocenters. The predicted octanol–water partition coefficient (Wildman–Crippen LogP) is 2.54. The molecule has 6 heteroatoms. The van der Waals surface area contributed by atoms with Crippen LogP contribution in [0.15, 0.2) is 16.9 Å². The van der Waals surface area contributed by atoms with Crippen molar-refractivity contribution in [2.45, 2.75) is 46.3 Å². The van der Waals surface area contributed by atoms with Gasteiger partial charge in [-0.2, -0.15) is 4.98 Å². The predicted molar refractivity (Wildman–Crippen MR) is 69.8 cm³/mol. The molecular formula is C13H20N4O2. The van der Waals surface area contributed by atoms with Crippen LogP contribution in [0.1, 0.15) is 57.3 Å². The first-order valence-corrected chi connectivity index (χ1v) is 6.57. The van der Waals surface area contributed by atoms with E-state index in [0.29, 0.717) is 24.9 Å². The van der Waals surface area contributed by atoms with Crippen molar-refractivity contribution in [1.29, 1.82) is 0 Å². The second kappa shape index (κ2) is 5.97. The largest absolute Gasteiger partial charge is 0.371 e. The molecule has 1 atom stereocenters. The topological polar surface area (TPSA) is 66.0 Å². The van der Waals surface area contributed by atoms with Crippen molar-refractivity contribution in [2.24, 2.45) is 0 Å². The van der Waals surface area contributed by atoms with Crippen LogP contribution in [0.4, 0.5) is 0 Å². The fraction of sp³-hybridized carbons (Fsp3) is 0.615. The standard InChI is InChI=1S/C13H20N4O2/c1-5-18-10(4)12-14-6-7-17(12)8-11-15-13(9(2)3)19-16-11/h6-7,9-10H,5,8H2,1-4H3/t10-/m1/s1. The van der Waals surface area contributed by atoms with E-state index in [0.717, 1.165) is 5.82 Å². The SMILES string of the molecule is CCO[C@H](C)c1nccn1Cc1noc(C(C)C)n1. The van der Waals surface area contributed by atoms with Gasteiger partial charge in [0.25, 0.3) is 0 Å². The molecule has 0 aromatic carbocycles. The highest BCUT2D eigenvalue weighted by Gasteiger charge is 2.15. The molecule has 0 saturated heterocycles. The lowest BCUT2D eigenvalue weighted by atomic mass is 10.2. The minimum atomic E-state index is -0.0449. The van der Waals surface area contributed by atoms with E-state index >= 15 is 0 Å². The summed E-state index contributed by atoms with van der Waals surface area (Å²) >= 11 is 0. The number of nitrogens with zero attached hydrogens (tertiary/aromatic N) is 4. The zero-order valence-corrected chi connectivity index (χ0v) is 11.8. The molecule has 2 aromatic heterocycles. The number of imidazole rings is 1. The molecule has 2 rings (SSSR count). The van der Waals surface area contributed by atoms with Gasteiger partial charge < -0.3 is 13.8 Å². The summed E-state index contributed by atoms with van der Waals surface area (Å²) in [6.07, 6.45) is 3.61. The zero-order chi connectivity index (χ0) is 13.8. The van der Waals surface area contributed by atoms with E-state index < -0.39 is 0 Å². The van der Waals surface area contributed by atoms with E-state index in [1.807, 2.05) is 38.5 Å². The Balaban J connectivity index is 2.12. The van der Waals surface area contributed by atoms with Gasteiger partial charge >= 0.3 is 0 Å². The lowest BCUT2D eigenvalue weighted by Crippen LogP contribution is -2.11. The summed E-state index contributed by atoms with van der Waals surface area (Å²) in [7, 11) is 0. The summed E-state index contributed by atoms with van der Waals surface area (Å²) in [6.45, 7) is 9.21. The monoisotopic (exact) mass is 264 g/mol. The summed E-state index contributed by atoms with van der Waals surface area (Å²) in [6, 6.07) is 0. The Morgan fingerprint density at radius 3 is 2.79 bits per heavy atom. The van der Waals surface area contributed by atoms with E-state index in [4.69, 9.17) is 9.26 Å². The molecular weight excluding hydrogens is 244 g/mol. The van der Waals surface area contributed by atoms with Crippen molar-refractivity contribution in [1.82, 2.24) is 19.7 Å². The van der Waals surface area contributed by atoms with Gasteiger partial charge in [0.1, 0.15) is 11.9 Å². The van der Waals surface area contributed by atoms with Crippen LogP contribution in [-0.4, -0.2) is 26.3 Å². The zero-order valence-electron chi connectivity index (χ0n) is 11.8. The lowest BCUT2D eigenvalue weighted by molar-refractivity contribution is 0.0677. The van der Waals surface area contributed by atoms with Gasteiger partial charge in [0.05, 0.1) is 6.54 Å². The Kier molecular flexibility index (Phi) is 4.31. The average Bonchev–Trinajstić information content (AvgIpc) is 2.99. The first kappa shape index (κ1) is 13.7. The van der Waals surface area contributed by atoms with Crippen LogP contribution in [0.2, 0.25) is 0 Å². The van der Waals surface area contributed by atoms with Crippen LogP contribution in [0.3, 0.4) is 0 Å². The first-order chi connectivity index (χ1) is 9.11. The molecule has 0 spiro atoms. The van der Waals surface area contributed by atoms with Crippen LogP contribution >= 0.6 is 0 Å². The van der Waals surface area contributed by atoms with Gasteiger partial charge in [-0.1, -0.05) is 19.0 Å². The summed E-state index contributed by atoms with van der Waals surface area (Å²) in [5.74, 6) is 2.43. The highest BCUT2D eigenvalue weighted by molar-refractivity contribution is 5.00. The van der Waals surface area contributed by atoms with Crippen molar-refractivity contribution in [3.8, 4) is 0 Å². The minimum absolute atomic E-state index is 0.0449. The van der Waals surface area contributed by atoms with Gasteiger partial charge in [0.2, 0.25) is 5.89 Å². The number of ether oxygens (including phenoxy) is 1. The average molecular weight is 264 g/mol. The molecule has 0 fully saturated rings. The first-order valence-electron chi connectivity index (χ1n) is 6.57. The van der Waals surface area contributed by atoms with Gasteiger partial charge in [0.15, 0.2) is 5.82 Å². The van der Waals surface area contributed by atoms with Gasteiger partial charge in [0, 0.05) is 24.9 Å². The Morgan fingerprint density at radius 1 is 1.37 bits per heavy atom. The lowest BCUT2D eigenvalue weighted by Gasteiger charge is -2.12. The maximum atomic E-state index is 5.56. The smallest absolute Gasteiger partial charge is 0.229 e. The third-order valence-corrected chi connectivity index (χ3v) is 2.82. The van der Waals surface area contributed by atoms with Crippen LogP contribution < -0.4 is 0 Å². The molecule has 0 saturated carbocycles. The number of hydrogen-bond donors (Lipinski definition) is 0. The summed E-state index contributed by atoms with van der Waals surface area (Å²) in [5, 5.41) is 3.98. The van der Waals surface area contributed by atoms with E-state index in [1.165, 1.54) is 0 Å². The number of aromatic nitrogens is 4. The van der Waals surface area contributed by atoms with Crippen molar-refractivity contribution < 1.29 is 9.26 Å². The van der Waals surface area contributed by atoms with Crippen molar-refractivity contribution >= 4 is 0 Å². The van der Waals surface area contributed by atoms with Crippen LogP contribution in [-0.2, 0) is 11.3 Å². The van der Waals surface area contributed by atoms with Gasteiger partial charge in [-0.05, 0) is 13.8 Å². The summed E-state index contributed by atoms with van der Waals surface area (Å²) in [4.78, 5) is 8.69. The molecule has 0 aliphatic heterocycles. The maximum Gasteiger partial charge on any atom is 0.229 e. The Bertz CT molecular complexity index is 518. The van der Waals surface area contributed by atoms with Crippen molar-refractivity contribution in [3.63, 3.8) is 0 Å². The Labute approximate surface area is 112 Å². The fourth-order valence-electron chi connectivity index (χ4n) is 1.86. The Hall–Kier alpha value is -1.69. The third-order valence-electron chi connectivity index (χ3n) is 2.82. The van der Waals surface area contributed by atoms with Crippen LogP contribution in [0.25, 0.3) is 0 Å². The molecule has 2 aromatic rings. The Morgan fingerprint density at radius 2 is 2.16 bits per heavy atom. The quantitative estimate of drug-likeness (QED) is 0.802. The highest BCUT2D eigenvalue weighted by atomic mass is 16.5. The molecule has 2 heterocycles. The van der Waals surface area contributed by atoms with E-state index in [-0.39, 0.29) is 12.0 Å². The molecule has 0 aliphatic rings. The highest BCUT2D eigenvalue weighted by Crippen LogP contribution is 2.16. The normalized spacial score (nSPS) is 13.1. The van der Waals surface area contributed by atoms with E-state index in [2.05, 4.69) is 15.1 Å². The molecule has 19 heavy (non-hydrogen) atoms. The summed E-state index contributed by atoms with van der Waals surface area (Å²) in [5.41, 5.74) is 0. The molecule has 0 aliphatic carbocycles. The van der Waals surface area contributed by atoms with Gasteiger partial charge in [-0.25, -0.2) is 4.98 Å². The van der Waals surface area contributed by atoms with Crippen molar-refractivity contribution in [2.75, 3.05) is 6.61 Å². The van der Waals surface area contributed by atoms with E-state index in [9.17, 15) is 0 Å². The van der Waals surface area contributed by atoms with Crippen LogP contribution in [0, 0.1) is 0 Å². The molecule has 0 bridgehead atoms. The van der Waals surface area contributed by atoms with Gasteiger partial charge in [-0.15, -0.1) is 0 Å². The molecule has 104 valence electrons. The molecule has 6 nitrogen and oxygen atoms in total. The fourth-order valence-corrected chi connectivity index (χ4v) is 1.86. The molecule has 0 amide bonds. The van der Waals surface area contributed by atoms with Crippen molar-refractivity contribution in [3.05, 3.63) is 29.9 Å². The van der Waals surface area contributed by atoms with E-state index in [1.54, 1.807) is 6.20 Å². The van der Waals surface area contributed by atoms with Crippen LogP contribution in [0.5, 0.6) is 0 Å². The third kappa shape index (κ3) is 3.20. The number of rotatable bonds is 6. The summed E-state index contributed by atoms with van der Waals surface area (Å²) < 4.78 is 12.7. The second-order valence-corrected chi connectivity index (χ2v) is 4.71. The second-order valence-electron chi connectivity index (χ2n) is 4.71. The minimum Gasteiger partial charge on any atom is -0.371 e. The maximum absolute atomic E-state index is 5.56. The molecule has 0 radical (unpaired) electrons. The molecule has 0 N–H and O–H groups in total.